The number of hydrogen-bond donors (Lipinski definition) is 0. The average Bonchev–Trinajstić information content (AvgIpc) is 2.36. The Morgan fingerprint density at radius 2 is 2.18 bits per heavy atom. The molecule has 0 spiro atoms. The van der Waals surface area contributed by atoms with Crippen LogP contribution in [0.2, 0.25) is 0 Å². The second kappa shape index (κ2) is 6.33. The van der Waals surface area contributed by atoms with E-state index in [0.29, 0.717) is 11.3 Å². The molecule has 0 radical (unpaired) electrons. The normalized spacial score (nSPS) is 10.5. The second-order valence-electron chi connectivity index (χ2n) is 3.13. The lowest BCUT2D eigenvalue weighted by Crippen LogP contribution is -2.06. The number of nitrogens with zero attached hydrogens (tertiary/aromatic N) is 1. The highest BCUT2D eigenvalue weighted by Crippen LogP contribution is 2.20. The first kappa shape index (κ1) is 12.8. The van der Waals surface area contributed by atoms with Crippen molar-refractivity contribution < 1.29 is 14.3 Å². The van der Waals surface area contributed by atoms with E-state index in [-0.39, 0.29) is 12.2 Å². The van der Waals surface area contributed by atoms with Crippen LogP contribution in [0.3, 0.4) is 0 Å². The van der Waals surface area contributed by atoms with Crippen LogP contribution in [0.5, 0.6) is 5.75 Å². The molecule has 0 aromatic heterocycles. The zero-order chi connectivity index (χ0) is 12.7. The Hall–Kier alpha value is -2.28. The van der Waals surface area contributed by atoms with Crippen LogP contribution in [0.4, 0.5) is 0 Å². The fourth-order valence-corrected chi connectivity index (χ4v) is 1.29. The quantitative estimate of drug-likeness (QED) is 0.452. The molecule has 0 amide bonds. The Morgan fingerprint density at radius 1 is 1.47 bits per heavy atom. The summed E-state index contributed by atoms with van der Waals surface area (Å²) in [6.45, 7) is 1.93. The number of esters is 1. The summed E-state index contributed by atoms with van der Waals surface area (Å²) in [4.78, 5) is 11.4. The van der Waals surface area contributed by atoms with Crippen molar-refractivity contribution in [3.8, 4) is 11.8 Å². The molecule has 1 rings (SSSR count). The molecule has 0 unspecified atom stereocenters. The number of nitriles is 1. The summed E-state index contributed by atoms with van der Waals surface area (Å²) in [5.74, 6) is -0.0227. The number of hydrogen-bond acceptors (Lipinski definition) is 4. The van der Waals surface area contributed by atoms with E-state index in [1.54, 1.807) is 25.1 Å². The maximum atomic E-state index is 11.4. The molecule has 0 N–H and O–H groups in total. The smallest absolute Gasteiger partial charge is 0.348 e. The minimum Gasteiger partial charge on any atom is -0.496 e. The molecule has 0 bridgehead atoms. The van der Waals surface area contributed by atoms with Gasteiger partial charge < -0.3 is 9.47 Å². The highest BCUT2D eigenvalue weighted by molar-refractivity contribution is 5.98. The molecule has 4 heteroatoms. The Bertz CT molecular complexity index is 472. The molecule has 0 saturated carbocycles. The van der Waals surface area contributed by atoms with E-state index in [1.165, 1.54) is 13.2 Å². The number of para-hydroxylation sites is 1. The molecule has 1 aromatic carbocycles. The summed E-state index contributed by atoms with van der Waals surface area (Å²) < 4.78 is 9.89. The lowest BCUT2D eigenvalue weighted by Gasteiger charge is -2.04. The Balaban J connectivity index is 3.07. The van der Waals surface area contributed by atoms with Gasteiger partial charge in [-0.25, -0.2) is 4.79 Å². The molecule has 0 atom stereocenters. The summed E-state index contributed by atoms with van der Waals surface area (Å²) in [5, 5.41) is 8.89. The number of methoxy groups -OCH3 is 1. The first-order valence-electron chi connectivity index (χ1n) is 5.14. The summed E-state index contributed by atoms with van der Waals surface area (Å²) in [7, 11) is 1.53. The summed E-state index contributed by atoms with van der Waals surface area (Å²) >= 11 is 0. The molecule has 0 heterocycles. The van der Waals surface area contributed by atoms with Crippen LogP contribution in [0, 0.1) is 11.3 Å². The fourth-order valence-electron chi connectivity index (χ4n) is 1.29. The molecule has 0 saturated heterocycles. The van der Waals surface area contributed by atoms with Gasteiger partial charge in [-0.05, 0) is 19.1 Å². The van der Waals surface area contributed by atoms with E-state index in [4.69, 9.17) is 14.7 Å². The second-order valence-corrected chi connectivity index (χ2v) is 3.13. The van der Waals surface area contributed by atoms with E-state index in [9.17, 15) is 4.79 Å². The Morgan fingerprint density at radius 3 is 2.76 bits per heavy atom. The summed E-state index contributed by atoms with van der Waals surface area (Å²) in [6.07, 6.45) is 1.46. The third-order valence-electron chi connectivity index (χ3n) is 2.05. The molecular formula is C13H13NO3. The molecule has 0 aliphatic carbocycles. The van der Waals surface area contributed by atoms with Crippen LogP contribution >= 0.6 is 0 Å². The van der Waals surface area contributed by atoms with Crippen molar-refractivity contribution in [3.63, 3.8) is 0 Å². The highest BCUT2D eigenvalue weighted by Gasteiger charge is 2.10. The topological polar surface area (TPSA) is 59.3 Å². The number of rotatable bonds is 4. The average molecular weight is 231 g/mol. The number of carbonyl (C=O) groups excluding carboxylic acids is 1. The van der Waals surface area contributed by atoms with Gasteiger partial charge in [0.2, 0.25) is 0 Å². The Kier molecular flexibility index (Phi) is 4.77. The van der Waals surface area contributed by atoms with E-state index in [2.05, 4.69) is 0 Å². The maximum absolute atomic E-state index is 11.4. The summed E-state index contributed by atoms with van der Waals surface area (Å²) in [6, 6.07) is 8.94. The third-order valence-corrected chi connectivity index (χ3v) is 2.05. The lowest BCUT2D eigenvalue weighted by molar-refractivity contribution is -0.137. The molecule has 4 nitrogen and oxygen atoms in total. The van der Waals surface area contributed by atoms with Gasteiger partial charge in [-0.3, -0.25) is 0 Å². The number of carbonyl (C=O) groups is 1. The summed E-state index contributed by atoms with van der Waals surface area (Å²) in [5.41, 5.74) is 0.621. The maximum Gasteiger partial charge on any atom is 0.348 e. The van der Waals surface area contributed by atoms with Crippen LogP contribution < -0.4 is 4.74 Å². The molecular weight excluding hydrogens is 218 g/mol. The molecule has 1 aromatic rings. The van der Waals surface area contributed by atoms with E-state index in [1.807, 2.05) is 12.1 Å². The van der Waals surface area contributed by atoms with Gasteiger partial charge in [-0.1, -0.05) is 18.2 Å². The largest absolute Gasteiger partial charge is 0.496 e. The first-order valence-corrected chi connectivity index (χ1v) is 5.14. The van der Waals surface area contributed by atoms with Gasteiger partial charge in [0.25, 0.3) is 0 Å². The monoisotopic (exact) mass is 231 g/mol. The van der Waals surface area contributed by atoms with Crippen LogP contribution in [0.1, 0.15) is 12.5 Å². The zero-order valence-electron chi connectivity index (χ0n) is 9.77. The third kappa shape index (κ3) is 3.35. The van der Waals surface area contributed by atoms with Gasteiger partial charge in [0.1, 0.15) is 17.4 Å². The van der Waals surface area contributed by atoms with Crippen LogP contribution in [-0.2, 0) is 9.53 Å². The first-order chi connectivity index (χ1) is 8.22. The number of ether oxygens (including phenoxy) is 2. The van der Waals surface area contributed by atoms with E-state index >= 15 is 0 Å². The standard InChI is InChI=1S/C13H13NO3/c1-3-17-13(15)11(9-14)8-10-6-4-5-7-12(10)16-2/h4-8H,3H2,1-2H3. The van der Waals surface area contributed by atoms with Crippen molar-refractivity contribution in [1.82, 2.24) is 0 Å². The van der Waals surface area contributed by atoms with Crippen LogP contribution in [0.15, 0.2) is 29.8 Å². The van der Waals surface area contributed by atoms with Gasteiger partial charge in [-0.15, -0.1) is 0 Å². The SMILES string of the molecule is CCOC(=O)C(C#N)=Cc1ccccc1OC. The fraction of sp³-hybridized carbons (Fsp3) is 0.231. The van der Waals surface area contributed by atoms with E-state index < -0.39 is 5.97 Å². The molecule has 0 fully saturated rings. The van der Waals surface area contributed by atoms with Gasteiger partial charge in [0, 0.05) is 5.56 Å². The molecule has 17 heavy (non-hydrogen) atoms. The van der Waals surface area contributed by atoms with Crippen molar-refractivity contribution in [1.29, 1.82) is 5.26 Å². The van der Waals surface area contributed by atoms with Crippen molar-refractivity contribution in [2.45, 2.75) is 6.92 Å². The molecule has 88 valence electrons. The van der Waals surface area contributed by atoms with Gasteiger partial charge in [-0.2, -0.15) is 5.26 Å². The minimum absolute atomic E-state index is 0.0450. The van der Waals surface area contributed by atoms with Crippen molar-refractivity contribution in [2.75, 3.05) is 13.7 Å². The van der Waals surface area contributed by atoms with Gasteiger partial charge >= 0.3 is 5.97 Å². The molecule has 0 aliphatic heterocycles. The molecule has 0 aliphatic rings. The Labute approximate surface area is 100 Å². The minimum atomic E-state index is -0.624. The zero-order valence-corrected chi connectivity index (χ0v) is 9.77. The van der Waals surface area contributed by atoms with Crippen molar-refractivity contribution in [2.24, 2.45) is 0 Å². The van der Waals surface area contributed by atoms with Crippen molar-refractivity contribution in [3.05, 3.63) is 35.4 Å². The highest BCUT2D eigenvalue weighted by atomic mass is 16.5. The van der Waals surface area contributed by atoms with Crippen molar-refractivity contribution >= 4 is 12.0 Å². The predicted octanol–water partition coefficient (Wildman–Crippen LogP) is 2.17. The van der Waals surface area contributed by atoms with Crippen LogP contribution in [0.25, 0.3) is 6.08 Å². The predicted molar refractivity (Wildman–Crippen MR) is 63.2 cm³/mol. The van der Waals surface area contributed by atoms with Gasteiger partial charge in [0.05, 0.1) is 13.7 Å². The van der Waals surface area contributed by atoms with Crippen LogP contribution in [-0.4, -0.2) is 19.7 Å². The van der Waals surface area contributed by atoms with E-state index in [0.717, 1.165) is 0 Å². The number of benzene rings is 1. The van der Waals surface area contributed by atoms with Gasteiger partial charge in [0.15, 0.2) is 0 Å². The lowest BCUT2D eigenvalue weighted by atomic mass is 10.1.